The van der Waals surface area contributed by atoms with Crippen LogP contribution in [0, 0.1) is 0 Å². The molecule has 2 rings (SSSR count). The number of rotatable bonds is 2. The highest BCUT2D eigenvalue weighted by molar-refractivity contribution is 5.94. The predicted molar refractivity (Wildman–Crippen MR) is 74.2 cm³/mol. The number of carbonyl (C=O) groups is 1. The van der Waals surface area contributed by atoms with Gasteiger partial charge < -0.3 is 13.9 Å². The molecule has 20 heavy (non-hydrogen) atoms. The van der Waals surface area contributed by atoms with Crippen LogP contribution in [0.3, 0.4) is 0 Å². The van der Waals surface area contributed by atoms with Crippen molar-refractivity contribution in [2.45, 2.75) is 26.4 Å². The fraction of sp³-hybridized carbons (Fsp3) is 0.333. The zero-order chi connectivity index (χ0) is 14.9. The van der Waals surface area contributed by atoms with E-state index in [-0.39, 0.29) is 5.56 Å². The third-order valence-electron chi connectivity index (χ3n) is 2.56. The Labute approximate surface area is 116 Å². The number of para-hydroxylation sites is 1. The van der Waals surface area contributed by atoms with Gasteiger partial charge in [-0.15, -0.1) is 0 Å². The third kappa shape index (κ3) is 2.82. The van der Waals surface area contributed by atoms with Gasteiger partial charge in [-0.25, -0.2) is 9.59 Å². The van der Waals surface area contributed by atoms with Crippen molar-refractivity contribution in [2.24, 2.45) is 0 Å². The standard InChI is InChI=1S/C15H16O5/c1-15(2,3)20-14(17)10-8-9-6-5-7-11(18-4)12(9)19-13(10)16/h5-8H,1-4H3. The summed E-state index contributed by atoms with van der Waals surface area (Å²) >= 11 is 0. The zero-order valence-electron chi connectivity index (χ0n) is 11.9. The fourth-order valence-electron chi connectivity index (χ4n) is 1.75. The molecule has 1 aromatic carbocycles. The normalized spacial score (nSPS) is 11.4. The van der Waals surface area contributed by atoms with E-state index < -0.39 is 17.2 Å². The summed E-state index contributed by atoms with van der Waals surface area (Å²) in [4.78, 5) is 23.9. The van der Waals surface area contributed by atoms with Gasteiger partial charge in [-0.1, -0.05) is 12.1 Å². The van der Waals surface area contributed by atoms with Crippen molar-refractivity contribution >= 4 is 16.9 Å². The fourth-order valence-corrected chi connectivity index (χ4v) is 1.75. The minimum absolute atomic E-state index is 0.124. The number of hydrogen-bond acceptors (Lipinski definition) is 5. The van der Waals surface area contributed by atoms with E-state index in [1.54, 1.807) is 39.0 Å². The van der Waals surface area contributed by atoms with Crippen molar-refractivity contribution < 1.29 is 18.7 Å². The summed E-state index contributed by atoms with van der Waals surface area (Å²) in [5, 5.41) is 0.602. The van der Waals surface area contributed by atoms with Crippen LogP contribution in [0.25, 0.3) is 11.0 Å². The van der Waals surface area contributed by atoms with Crippen molar-refractivity contribution in [3.8, 4) is 5.75 Å². The van der Waals surface area contributed by atoms with E-state index in [9.17, 15) is 9.59 Å². The summed E-state index contributed by atoms with van der Waals surface area (Å²) < 4.78 is 15.5. The molecular formula is C15H16O5. The molecule has 0 amide bonds. The van der Waals surface area contributed by atoms with Gasteiger partial charge >= 0.3 is 11.6 Å². The summed E-state index contributed by atoms with van der Waals surface area (Å²) in [6.45, 7) is 5.20. The Kier molecular flexibility index (Phi) is 3.53. The molecule has 1 aromatic heterocycles. The molecule has 0 radical (unpaired) electrons. The van der Waals surface area contributed by atoms with Crippen LogP contribution in [0.5, 0.6) is 5.75 Å². The second kappa shape index (κ2) is 5.00. The highest BCUT2D eigenvalue weighted by Crippen LogP contribution is 2.24. The predicted octanol–water partition coefficient (Wildman–Crippen LogP) is 2.76. The van der Waals surface area contributed by atoms with Gasteiger partial charge in [0.1, 0.15) is 11.2 Å². The number of esters is 1. The van der Waals surface area contributed by atoms with E-state index in [0.29, 0.717) is 16.7 Å². The van der Waals surface area contributed by atoms with Crippen molar-refractivity contribution in [2.75, 3.05) is 7.11 Å². The van der Waals surface area contributed by atoms with Crippen LogP contribution in [0.15, 0.2) is 33.5 Å². The van der Waals surface area contributed by atoms with Gasteiger partial charge in [-0.05, 0) is 32.9 Å². The van der Waals surface area contributed by atoms with E-state index in [2.05, 4.69) is 0 Å². The van der Waals surface area contributed by atoms with E-state index >= 15 is 0 Å². The molecular weight excluding hydrogens is 260 g/mol. The molecule has 0 saturated carbocycles. The highest BCUT2D eigenvalue weighted by atomic mass is 16.6. The third-order valence-corrected chi connectivity index (χ3v) is 2.56. The van der Waals surface area contributed by atoms with E-state index in [0.717, 1.165) is 0 Å². The molecule has 0 aliphatic rings. The Bertz CT molecular complexity index is 706. The Hall–Kier alpha value is -2.30. The molecule has 106 valence electrons. The smallest absolute Gasteiger partial charge is 0.351 e. The van der Waals surface area contributed by atoms with Crippen LogP contribution in [0.1, 0.15) is 31.1 Å². The Morgan fingerprint density at radius 1 is 1.25 bits per heavy atom. The van der Waals surface area contributed by atoms with Gasteiger partial charge in [-0.3, -0.25) is 0 Å². The first-order valence-corrected chi connectivity index (χ1v) is 6.16. The number of fused-ring (bicyclic) bond motifs is 1. The molecule has 0 fully saturated rings. The molecule has 0 N–H and O–H groups in total. The van der Waals surface area contributed by atoms with Crippen molar-refractivity contribution in [1.82, 2.24) is 0 Å². The largest absolute Gasteiger partial charge is 0.493 e. The van der Waals surface area contributed by atoms with Crippen molar-refractivity contribution in [1.29, 1.82) is 0 Å². The van der Waals surface area contributed by atoms with Gasteiger partial charge in [0.05, 0.1) is 7.11 Å². The number of ether oxygens (including phenoxy) is 2. The molecule has 1 heterocycles. The summed E-state index contributed by atoms with van der Waals surface area (Å²) in [6.07, 6.45) is 0. The van der Waals surface area contributed by atoms with Gasteiger partial charge in [0, 0.05) is 5.39 Å². The molecule has 0 unspecified atom stereocenters. The summed E-state index contributed by atoms with van der Waals surface area (Å²) in [7, 11) is 1.48. The second-order valence-electron chi connectivity index (χ2n) is 5.33. The monoisotopic (exact) mass is 276 g/mol. The molecule has 0 saturated heterocycles. The first-order chi connectivity index (χ1) is 9.31. The SMILES string of the molecule is COc1cccc2cc(C(=O)OC(C)(C)C)c(=O)oc12. The maximum Gasteiger partial charge on any atom is 0.351 e. The number of hydrogen-bond donors (Lipinski definition) is 0. The van der Waals surface area contributed by atoms with E-state index in [4.69, 9.17) is 13.9 Å². The maximum atomic E-state index is 12.0. The Morgan fingerprint density at radius 3 is 2.55 bits per heavy atom. The molecule has 2 aromatic rings. The summed E-state index contributed by atoms with van der Waals surface area (Å²) in [5.74, 6) is -0.258. The van der Waals surface area contributed by atoms with Crippen LogP contribution in [0.2, 0.25) is 0 Å². The van der Waals surface area contributed by atoms with Crippen LogP contribution in [0.4, 0.5) is 0 Å². The van der Waals surface area contributed by atoms with Crippen LogP contribution < -0.4 is 10.4 Å². The van der Waals surface area contributed by atoms with Crippen LogP contribution in [-0.2, 0) is 4.74 Å². The summed E-state index contributed by atoms with van der Waals surface area (Å²) in [5.41, 5.74) is -1.23. The molecule has 0 spiro atoms. The van der Waals surface area contributed by atoms with E-state index in [1.165, 1.54) is 13.2 Å². The molecule has 0 aliphatic heterocycles. The quantitative estimate of drug-likeness (QED) is 0.623. The highest BCUT2D eigenvalue weighted by Gasteiger charge is 2.22. The van der Waals surface area contributed by atoms with Crippen LogP contribution >= 0.6 is 0 Å². The second-order valence-corrected chi connectivity index (χ2v) is 5.33. The molecule has 0 atom stereocenters. The average Bonchev–Trinajstić information content (AvgIpc) is 2.35. The Balaban J connectivity index is 2.54. The Morgan fingerprint density at radius 2 is 1.95 bits per heavy atom. The first-order valence-electron chi connectivity index (χ1n) is 6.16. The van der Waals surface area contributed by atoms with Crippen molar-refractivity contribution in [3.05, 3.63) is 40.2 Å². The lowest BCUT2D eigenvalue weighted by atomic mass is 10.1. The first kappa shape index (κ1) is 14.1. The van der Waals surface area contributed by atoms with Gasteiger partial charge in [-0.2, -0.15) is 0 Å². The van der Waals surface area contributed by atoms with Crippen molar-refractivity contribution in [3.63, 3.8) is 0 Å². The lowest BCUT2D eigenvalue weighted by molar-refractivity contribution is 0.00654. The molecule has 0 aliphatic carbocycles. The maximum absolute atomic E-state index is 12.0. The lowest BCUT2D eigenvalue weighted by Gasteiger charge is -2.19. The number of methoxy groups -OCH3 is 1. The molecule has 5 heteroatoms. The van der Waals surface area contributed by atoms with Crippen LogP contribution in [-0.4, -0.2) is 18.7 Å². The molecule has 5 nitrogen and oxygen atoms in total. The number of benzene rings is 1. The summed E-state index contributed by atoms with van der Waals surface area (Å²) in [6, 6.07) is 6.62. The number of carbonyl (C=O) groups excluding carboxylic acids is 1. The topological polar surface area (TPSA) is 65.7 Å². The molecule has 0 bridgehead atoms. The van der Waals surface area contributed by atoms with Gasteiger partial charge in [0.15, 0.2) is 11.3 Å². The zero-order valence-corrected chi connectivity index (χ0v) is 11.9. The van der Waals surface area contributed by atoms with Gasteiger partial charge in [0.2, 0.25) is 0 Å². The van der Waals surface area contributed by atoms with Gasteiger partial charge in [0.25, 0.3) is 0 Å². The lowest BCUT2D eigenvalue weighted by Crippen LogP contribution is -2.27. The van der Waals surface area contributed by atoms with E-state index in [1.807, 2.05) is 0 Å². The minimum Gasteiger partial charge on any atom is -0.493 e. The average molecular weight is 276 g/mol. The minimum atomic E-state index is -0.740.